The molecule has 0 radical (unpaired) electrons. The standard InChI is InChI=1S/C22H28F3N3O/c1-27(2)15-22(14-16-3-5-17(23)6-4-16)9-11-28(12-10-22)21(29)26-18-7-8-19(24)20(25)13-18/h3-8,13,19-20H,9-12,14-15H2,1-2H3,(H,26,29). The van der Waals surface area contributed by atoms with Crippen molar-refractivity contribution in [3.8, 4) is 0 Å². The van der Waals surface area contributed by atoms with Crippen molar-refractivity contribution in [2.24, 2.45) is 5.41 Å². The first kappa shape index (κ1) is 21.4. The van der Waals surface area contributed by atoms with Crippen molar-refractivity contribution >= 4 is 6.03 Å². The first-order chi connectivity index (χ1) is 13.8. The number of allylic oxidation sites excluding steroid dienone is 3. The lowest BCUT2D eigenvalue weighted by atomic mass is 9.73. The summed E-state index contributed by atoms with van der Waals surface area (Å²) >= 11 is 0. The van der Waals surface area contributed by atoms with Crippen molar-refractivity contribution in [2.75, 3.05) is 33.7 Å². The molecule has 3 rings (SSSR count). The highest BCUT2D eigenvalue weighted by atomic mass is 19.2. The lowest BCUT2D eigenvalue weighted by Gasteiger charge is -2.43. The third kappa shape index (κ3) is 5.63. The molecule has 0 spiro atoms. The second-order valence-corrected chi connectivity index (χ2v) is 8.33. The summed E-state index contributed by atoms with van der Waals surface area (Å²) in [6.45, 7) is 2.01. The van der Waals surface area contributed by atoms with Crippen LogP contribution < -0.4 is 5.32 Å². The maximum atomic E-state index is 13.5. The molecule has 2 amide bonds. The van der Waals surface area contributed by atoms with E-state index in [1.54, 1.807) is 4.90 Å². The molecule has 0 aromatic heterocycles. The maximum Gasteiger partial charge on any atom is 0.321 e. The Bertz CT molecular complexity index is 768. The van der Waals surface area contributed by atoms with Crippen molar-refractivity contribution in [1.29, 1.82) is 0 Å². The third-order valence-corrected chi connectivity index (χ3v) is 5.61. The van der Waals surface area contributed by atoms with Gasteiger partial charge in [-0.05, 0) is 74.7 Å². The number of piperidine rings is 1. The van der Waals surface area contributed by atoms with Gasteiger partial charge in [0.05, 0.1) is 0 Å². The van der Waals surface area contributed by atoms with Crippen LogP contribution in [0.2, 0.25) is 0 Å². The van der Waals surface area contributed by atoms with Crippen LogP contribution in [-0.2, 0) is 6.42 Å². The molecule has 1 N–H and O–H groups in total. The van der Waals surface area contributed by atoms with E-state index in [1.165, 1.54) is 18.2 Å². The van der Waals surface area contributed by atoms with Gasteiger partial charge in [-0.2, -0.15) is 0 Å². The number of urea groups is 1. The predicted molar refractivity (Wildman–Crippen MR) is 107 cm³/mol. The molecule has 158 valence electrons. The topological polar surface area (TPSA) is 35.6 Å². The highest BCUT2D eigenvalue weighted by Crippen LogP contribution is 2.36. The van der Waals surface area contributed by atoms with E-state index in [1.807, 2.05) is 26.2 Å². The Kier molecular flexibility index (Phi) is 6.67. The molecule has 4 nitrogen and oxygen atoms in total. The SMILES string of the molecule is CN(C)CC1(Cc2ccc(F)cc2)CCN(C(=O)NC2=CC(F)C(F)C=C2)CC1. The number of amides is 2. The Hall–Kier alpha value is -2.28. The Labute approximate surface area is 170 Å². The van der Waals surface area contributed by atoms with Gasteiger partial charge in [-0.3, -0.25) is 0 Å². The first-order valence-corrected chi connectivity index (χ1v) is 9.90. The molecule has 1 aromatic carbocycles. The fourth-order valence-corrected chi connectivity index (χ4v) is 4.19. The van der Waals surface area contributed by atoms with Crippen LogP contribution in [0.4, 0.5) is 18.0 Å². The summed E-state index contributed by atoms with van der Waals surface area (Å²) in [6, 6.07) is 6.29. The molecule has 0 bridgehead atoms. The van der Waals surface area contributed by atoms with Crippen LogP contribution in [0.5, 0.6) is 0 Å². The number of hydrogen-bond donors (Lipinski definition) is 1. The highest BCUT2D eigenvalue weighted by Gasteiger charge is 2.36. The van der Waals surface area contributed by atoms with Crippen LogP contribution >= 0.6 is 0 Å². The molecule has 1 fully saturated rings. The van der Waals surface area contributed by atoms with Gasteiger partial charge in [0.1, 0.15) is 5.82 Å². The number of alkyl halides is 2. The summed E-state index contributed by atoms with van der Waals surface area (Å²) in [5.41, 5.74) is 1.36. The zero-order chi connectivity index (χ0) is 21.0. The van der Waals surface area contributed by atoms with Crippen LogP contribution in [0.15, 0.2) is 48.2 Å². The van der Waals surface area contributed by atoms with E-state index in [4.69, 9.17) is 0 Å². The number of hydrogen-bond acceptors (Lipinski definition) is 2. The quantitative estimate of drug-likeness (QED) is 0.805. The minimum Gasteiger partial charge on any atom is -0.324 e. The molecule has 2 unspecified atom stereocenters. The summed E-state index contributed by atoms with van der Waals surface area (Å²) in [5, 5.41) is 2.67. The Balaban J connectivity index is 1.62. The van der Waals surface area contributed by atoms with Gasteiger partial charge in [-0.15, -0.1) is 0 Å². The van der Waals surface area contributed by atoms with Crippen LogP contribution in [0, 0.1) is 11.2 Å². The molecule has 29 heavy (non-hydrogen) atoms. The minimum absolute atomic E-state index is 0.00635. The van der Waals surface area contributed by atoms with Crippen LogP contribution in [0.3, 0.4) is 0 Å². The van der Waals surface area contributed by atoms with Gasteiger partial charge in [-0.25, -0.2) is 18.0 Å². The zero-order valence-electron chi connectivity index (χ0n) is 16.9. The fourth-order valence-electron chi connectivity index (χ4n) is 4.19. The summed E-state index contributed by atoms with van der Waals surface area (Å²) in [7, 11) is 4.05. The van der Waals surface area contributed by atoms with E-state index in [2.05, 4.69) is 10.2 Å². The van der Waals surface area contributed by atoms with Gasteiger partial charge in [0, 0.05) is 25.3 Å². The van der Waals surface area contributed by atoms with Crippen molar-refractivity contribution in [2.45, 2.75) is 31.6 Å². The number of benzene rings is 1. The number of nitrogens with zero attached hydrogens (tertiary/aromatic N) is 2. The molecule has 0 saturated carbocycles. The minimum atomic E-state index is -1.74. The first-order valence-electron chi connectivity index (χ1n) is 9.90. The van der Waals surface area contributed by atoms with E-state index in [-0.39, 0.29) is 23.0 Å². The smallest absolute Gasteiger partial charge is 0.321 e. The number of rotatable bonds is 5. The lowest BCUT2D eigenvalue weighted by Crippen LogP contribution is -2.50. The van der Waals surface area contributed by atoms with Crippen LogP contribution in [0.25, 0.3) is 0 Å². The summed E-state index contributed by atoms with van der Waals surface area (Å²) in [4.78, 5) is 16.4. The summed E-state index contributed by atoms with van der Waals surface area (Å²) in [5.74, 6) is -0.248. The Morgan fingerprint density at radius 3 is 2.41 bits per heavy atom. The summed E-state index contributed by atoms with van der Waals surface area (Å²) < 4.78 is 39.9. The molecule has 2 aliphatic rings. The molecule has 1 saturated heterocycles. The van der Waals surface area contributed by atoms with Crippen molar-refractivity contribution in [3.05, 3.63) is 59.6 Å². The van der Waals surface area contributed by atoms with Gasteiger partial charge >= 0.3 is 6.03 Å². The van der Waals surface area contributed by atoms with Crippen molar-refractivity contribution in [1.82, 2.24) is 15.1 Å². The fraction of sp³-hybridized carbons (Fsp3) is 0.500. The number of nitrogens with one attached hydrogen (secondary N) is 1. The van der Waals surface area contributed by atoms with Crippen molar-refractivity contribution < 1.29 is 18.0 Å². The van der Waals surface area contributed by atoms with Crippen LogP contribution in [0.1, 0.15) is 18.4 Å². The number of halogens is 3. The maximum absolute atomic E-state index is 13.5. The van der Waals surface area contributed by atoms with Gasteiger partial charge in [-0.1, -0.05) is 12.1 Å². The van der Waals surface area contributed by atoms with E-state index < -0.39 is 12.3 Å². The van der Waals surface area contributed by atoms with Crippen LogP contribution in [-0.4, -0.2) is 61.9 Å². The van der Waals surface area contributed by atoms with E-state index >= 15 is 0 Å². The second-order valence-electron chi connectivity index (χ2n) is 8.33. The van der Waals surface area contributed by atoms with E-state index in [0.717, 1.165) is 43.5 Å². The molecular weight excluding hydrogens is 379 g/mol. The van der Waals surface area contributed by atoms with E-state index in [9.17, 15) is 18.0 Å². The monoisotopic (exact) mass is 407 g/mol. The number of carbonyl (C=O) groups is 1. The molecule has 7 heteroatoms. The number of likely N-dealkylation sites (tertiary alicyclic amines) is 1. The summed E-state index contributed by atoms with van der Waals surface area (Å²) in [6.07, 6.45) is 2.64. The number of carbonyl (C=O) groups excluding carboxylic acids is 1. The largest absolute Gasteiger partial charge is 0.324 e. The Morgan fingerprint density at radius 1 is 1.17 bits per heavy atom. The van der Waals surface area contributed by atoms with E-state index in [0.29, 0.717) is 13.1 Å². The van der Waals surface area contributed by atoms with Gasteiger partial charge in [0.15, 0.2) is 12.3 Å². The molecule has 2 atom stereocenters. The predicted octanol–water partition coefficient (Wildman–Crippen LogP) is 3.85. The third-order valence-electron chi connectivity index (χ3n) is 5.61. The molecule has 1 aromatic rings. The van der Waals surface area contributed by atoms with Gasteiger partial charge in [0.2, 0.25) is 0 Å². The average molecular weight is 407 g/mol. The molecule has 1 aliphatic carbocycles. The molecular formula is C22H28F3N3O. The van der Waals surface area contributed by atoms with Gasteiger partial charge in [0.25, 0.3) is 0 Å². The zero-order valence-corrected chi connectivity index (χ0v) is 16.9. The lowest BCUT2D eigenvalue weighted by molar-refractivity contribution is 0.0903. The highest BCUT2D eigenvalue weighted by molar-refractivity contribution is 5.77. The molecule has 1 aliphatic heterocycles. The van der Waals surface area contributed by atoms with Crippen molar-refractivity contribution in [3.63, 3.8) is 0 Å². The normalized spacial score (nSPS) is 23.8. The molecule has 1 heterocycles. The van der Waals surface area contributed by atoms with Gasteiger partial charge < -0.3 is 15.1 Å². The average Bonchev–Trinajstić information content (AvgIpc) is 2.66. The Morgan fingerprint density at radius 2 is 1.83 bits per heavy atom. The second kappa shape index (κ2) is 9.03.